The Hall–Kier alpha value is -0.300. The fraction of sp³-hybridized carbons (Fsp3) is 0.913. The summed E-state index contributed by atoms with van der Waals surface area (Å²) in [5, 5.41) is 3.56. The molecule has 1 unspecified atom stereocenters. The highest BCUT2D eigenvalue weighted by molar-refractivity contribution is 4.99. The fourth-order valence-corrected chi connectivity index (χ4v) is 4.21. The van der Waals surface area contributed by atoms with E-state index in [2.05, 4.69) is 53.4 Å². The van der Waals surface area contributed by atoms with Crippen LogP contribution in [0.4, 0.5) is 0 Å². The van der Waals surface area contributed by atoms with Crippen LogP contribution in [0, 0.1) is 29.1 Å². The zero-order valence-electron chi connectivity index (χ0n) is 17.6. The lowest BCUT2D eigenvalue weighted by atomic mass is 9.71. The van der Waals surface area contributed by atoms with Crippen molar-refractivity contribution >= 4 is 0 Å². The highest BCUT2D eigenvalue weighted by atomic mass is 14.9. The van der Waals surface area contributed by atoms with Crippen LogP contribution in [0.2, 0.25) is 0 Å². The van der Waals surface area contributed by atoms with Gasteiger partial charge in [-0.15, -0.1) is 0 Å². The second-order valence-corrected chi connectivity index (χ2v) is 10.0. The van der Waals surface area contributed by atoms with Crippen molar-refractivity contribution in [3.05, 3.63) is 12.2 Å². The molecule has 0 aromatic rings. The predicted octanol–water partition coefficient (Wildman–Crippen LogP) is 6.84. The third kappa shape index (κ3) is 9.25. The van der Waals surface area contributed by atoms with Gasteiger partial charge in [0.05, 0.1) is 0 Å². The van der Waals surface area contributed by atoms with Gasteiger partial charge in [0, 0.05) is 6.54 Å². The van der Waals surface area contributed by atoms with Gasteiger partial charge >= 0.3 is 0 Å². The minimum atomic E-state index is 0.504. The van der Waals surface area contributed by atoms with Crippen LogP contribution in [0.5, 0.6) is 0 Å². The molecule has 1 nitrogen and oxygen atoms in total. The van der Waals surface area contributed by atoms with Crippen molar-refractivity contribution < 1.29 is 0 Å². The summed E-state index contributed by atoms with van der Waals surface area (Å²) >= 11 is 0. The molecular weight excluding hydrogens is 290 g/mol. The van der Waals surface area contributed by atoms with Crippen LogP contribution in [0.1, 0.15) is 92.9 Å². The first-order chi connectivity index (χ1) is 11.2. The molecule has 1 saturated carbocycles. The minimum Gasteiger partial charge on any atom is -0.313 e. The zero-order valence-corrected chi connectivity index (χ0v) is 17.6. The first-order valence-electron chi connectivity index (χ1n) is 10.6. The maximum Gasteiger partial charge on any atom is 0.0162 e. The summed E-state index contributed by atoms with van der Waals surface area (Å²) < 4.78 is 0. The van der Waals surface area contributed by atoms with Gasteiger partial charge in [-0.25, -0.2) is 0 Å². The molecule has 0 aromatic carbocycles. The van der Waals surface area contributed by atoms with E-state index in [0.717, 1.165) is 36.8 Å². The lowest BCUT2D eigenvalue weighted by Gasteiger charge is -2.35. The van der Waals surface area contributed by atoms with E-state index in [1.54, 1.807) is 0 Å². The number of hydrogen-bond donors (Lipinski definition) is 1. The molecule has 0 saturated heterocycles. The summed E-state index contributed by atoms with van der Waals surface area (Å²) in [4.78, 5) is 0. The maximum atomic E-state index is 4.34. The maximum absolute atomic E-state index is 4.34. The van der Waals surface area contributed by atoms with Gasteiger partial charge in [0.25, 0.3) is 0 Å². The SMILES string of the molecule is C=C(CNCC(C)C)CC(CC)C1CCC(CCC(C)(C)C)CC1. The van der Waals surface area contributed by atoms with E-state index in [1.807, 2.05) is 0 Å². The van der Waals surface area contributed by atoms with Crippen molar-refractivity contribution in [2.75, 3.05) is 13.1 Å². The third-order valence-corrected chi connectivity index (χ3v) is 5.86. The quantitative estimate of drug-likeness (QED) is 0.431. The van der Waals surface area contributed by atoms with Crippen LogP contribution in [0.15, 0.2) is 12.2 Å². The molecular formula is C23H45N. The fourth-order valence-electron chi connectivity index (χ4n) is 4.21. The molecule has 1 heteroatoms. The van der Waals surface area contributed by atoms with E-state index in [-0.39, 0.29) is 0 Å². The highest BCUT2D eigenvalue weighted by Gasteiger charge is 2.27. The van der Waals surface area contributed by atoms with Crippen molar-refractivity contribution in [3.8, 4) is 0 Å². The second-order valence-electron chi connectivity index (χ2n) is 10.0. The van der Waals surface area contributed by atoms with Crippen molar-refractivity contribution in [2.24, 2.45) is 29.1 Å². The van der Waals surface area contributed by atoms with Crippen molar-refractivity contribution in [2.45, 2.75) is 92.9 Å². The zero-order chi connectivity index (χ0) is 18.2. The Morgan fingerprint density at radius 3 is 2.25 bits per heavy atom. The number of nitrogens with one attached hydrogen (secondary N) is 1. The summed E-state index contributed by atoms with van der Waals surface area (Å²) in [5.41, 5.74) is 1.92. The summed E-state index contributed by atoms with van der Waals surface area (Å²) in [7, 11) is 0. The lowest BCUT2D eigenvalue weighted by Crippen LogP contribution is -2.25. The molecule has 0 radical (unpaired) electrons. The minimum absolute atomic E-state index is 0.504. The van der Waals surface area contributed by atoms with Crippen molar-refractivity contribution in [1.29, 1.82) is 0 Å². The van der Waals surface area contributed by atoms with E-state index in [4.69, 9.17) is 0 Å². The second kappa shape index (κ2) is 10.6. The normalized spacial score (nSPS) is 23.5. The van der Waals surface area contributed by atoms with Gasteiger partial charge in [0.2, 0.25) is 0 Å². The largest absolute Gasteiger partial charge is 0.313 e. The average Bonchev–Trinajstić information content (AvgIpc) is 2.50. The van der Waals surface area contributed by atoms with E-state index in [1.165, 1.54) is 56.9 Å². The van der Waals surface area contributed by atoms with E-state index >= 15 is 0 Å². The molecule has 1 rings (SSSR count). The van der Waals surface area contributed by atoms with Gasteiger partial charge in [-0.2, -0.15) is 0 Å². The molecule has 142 valence electrons. The Labute approximate surface area is 153 Å². The van der Waals surface area contributed by atoms with E-state index < -0.39 is 0 Å². The summed E-state index contributed by atoms with van der Waals surface area (Å²) in [6.07, 6.45) is 11.2. The van der Waals surface area contributed by atoms with Crippen LogP contribution < -0.4 is 5.32 Å². The number of hydrogen-bond acceptors (Lipinski definition) is 1. The highest BCUT2D eigenvalue weighted by Crippen LogP contribution is 2.39. The monoisotopic (exact) mass is 335 g/mol. The molecule has 0 aromatic heterocycles. The van der Waals surface area contributed by atoms with Crippen LogP contribution >= 0.6 is 0 Å². The summed E-state index contributed by atoms with van der Waals surface area (Å²) in [5.74, 6) is 3.53. The molecule has 24 heavy (non-hydrogen) atoms. The number of rotatable bonds is 10. The van der Waals surface area contributed by atoms with Gasteiger partial charge in [-0.1, -0.05) is 73.0 Å². The van der Waals surface area contributed by atoms with Crippen LogP contribution in [-0.2, 0) is 0 Å². The van der Waals surface area contributed by atoms with E-state index in [9.17, 15) is 0 Å². The Morgan fingerprint density at radius 1 is 1.12 bits per heavy atom. The lowest BCUT2D eigenvalue weighted by molar-refractivity contribution is 0.180. The van der Waals surface area contributed by atoms with Gasteiger partial charge in [-0.05, 0) is 67.7 Å². The Bertz CT molecular complexity index is 342. The first kappa shape index (κ1) is 21.7. The molecule has 1 aliphatic carbocycles. The third-order valence-electron chi connectivity index (χ3n) is 5.86. The molecule has 0 aliphatic heterocycles. The van der Waals surface area contributed by atoms with Crippen LogP contribution in [-0.4, -0.2) is 13.1 Å². The smallest absolute Gasteiger partial charge is 0.0162 e. The Kier molecular flexibility index (Phi) is 9.64. The van der Waals surface area contributed by atoms with Crippen molar-refractivity contribution in [3.63, 3.8) is 0 Å². The van der Waals surface area contributed by atoms with Crippen molar-refractivity contribution in [1.82, 2.24) is 5.32 Å². The molecule has 1 atom stereocenters. The topological polar surface area (TPSA) is 12.0 Å². The molecule has 0 heterocycles. The molecule has 1 N–H and O–H groups in total. The summed E-state index contributed by atoms with van der Waals surface area (Å²) in [6, 6.07) is 0. The van der Waals surface area contributed by atoms with E-state index in [0.29, 0.717) is 5.41 Å². The molecule has 0 spiro atoms. The van der Waals surface area contributed by atoms with Gasteiger partial charge in [-0.3, -0.25) is 0 Å². The van der Waals surface area contributed by atoms with Gasteiger partial charge < -0.3 is 5.32 Å². The van der Waals surface area contributed by atoms with Crippen LogP contribution in [0.25, 0.3) is 0 Å². The van der Waals surface area contributed by atoms with Gasteiger partial charge in [0.1, 0.15) is 0 Å². The average molecular weight is 336 g/mol. The Balaban J connectivity index is 2.31. The van der Waals surface area contributed by atoms with Gasteiger partial charge in [0.15, 0.2) is 0 Å². The predicted molar refractivity (Wildman–Crippen MR) is 109 cm³/mol. The molecule has 0 amide bonds. The first-order valence-corrected chi connectivity index (χ1v) is 10.6. The standard InChI is InChI=1S/C23H45N/c1-8-21(15-19(4)17-24-16-18(2)3)22-11-9-20(10-12-22)13-14-23(5,6)7/h18,20-22,24H,4,8-17H2,1-3,5-7H3. The molecule has 0 bridgehead atoms. The molecule has 1 aliphatic rings. The Morgan fingerprint density at radius 2 is 1.75 bits per heavy atom. The van der Waals surface area contributed by atoms with Crippen LogP contribution in [0.3, 0.4) is 0 Å². The molecule has 1 fully saturated rings. The summed E-state index contributed by atoms with van der Waals surface area (Å²) in [6.45, 7) is 20.5.